The molecule has 0 fully saturated rings. The minimum Gasteiger partial charge on any atom is -0.328 e. The van der Waals surface area contributed by atoms with E-state index in [1.807, 2.05) is 6.07 Å². The lowest BCUT2D eigenvalue weighted by Crippen LogP contribution is -2.07. The second kappa shape index (κ2) is 6.64. The van der Waals surface area contributed by atoms with E-state index in [9.17, 15) is 13.2 Å². The first-order valence-electron chi connectivity index (χ1n) is 7.18. The summed E-state index contributed by atoms with van der Waals surface area (Å²) in [6, 6.07) is 16.6. The first-order chi connectivity index (χ1) is 11.6. The third kappa shape index (κ3) is 3.04. The molecule has 0 aliphatic rings. The number of benzene rings is 2. The summed E-state index contributed by atoms with van der Waals surface area (Å²) in [7, 11) is -3.73. The summed E-state index contributed by atoms with van der Waals surface area (Å²) in [5.74, 6) is 0. The van der Waals surface area contributed by atoms with Crippen LogP contribution in [0.15, 0.2) is 82.8 Å². The molecule has 0 saturated carbocycles. The number of pyridine rings is 1. The SMILES string of the molecule is O=CNc1cc(-c2cccnc2)ccc1S(=O)(=O)c1ccccc1. The van der Waals surface area contributed by atoms with Crippen LogP contribution >= 0.6 is 0 Å². The van der Waals surface area contributed by atoms with Crippen molar-refractivity contribution in [3.63, 3.8) is 0 Å². The van der Waals surface area contributed by atoms with Gasteiger partial charge in [0, 0.05) is 18.0 Å². The highest BCUT2D eigenvalue weighted by atomic mass is 32.2. The molecule has 0 aliphatic heterocycles. The van der Waals surface area contributed by atoms with Gasteiger partial charge in [-0.05, 0) is 35.9 Å². The smallest absolute Gasteiger partial charge is 0.211 e. The van der Waals surface area contributed by atoms with Crippen molar-refractivity contribution >= 4 is 21.9 Å². The van der Waals surface area contributed by atoms with Crippen LogP contribution in [0.4, 0.5) is 5.69 Å². The minimum absolute atomic E-state index is 0.0495. The average molecular weight is 338 g/mol. The third-order valence-corrected chi connectivity index (χ3v) is 5.36. The van der Waals surface area contributed by atoms with Crippen LogP contribution in [-0.2, 0) is 14.6 Å². The maximum absolute atomic E-state index is 12.8. The molecule has 0 unspecified atom stereocenters. The zero-order valence-electron chi connectivity index (χ0n) is 12.6. The zero-order valence-corrected chi connectivity index (χ0v) is 13.4. The van der Waals surface area contributed by atoms with Crippen molar-refractivity contribution in [1.29, 1.82) is 0 Å². The number of hydrogen-bond donors (Lipinski definition) is 1. The monoisotopic (exact) mass is 338 g/mol. The van der Waals surface area contributed by atoms with E-state index in [1.165, 1.54) is 18.2 Å². The van der Waals surface area contributed by atoms with Crippen molar-refractivity contribution in [2.75, 3.05) is 5.32 Å². The van der Waals surface area contributed by atoms with E-state index >= 15 is 0 Å². The first-order valence-corrected chi connectivity index (χ1v) is 8.66. The van der Waals surface area contributed by atoms with Gasteiger partial charge in [-0.25, -0.2) is 8.42 Å². The number of carbonyl (C=O) groups is 1. The Hall–Kier alpha value is -2.99. The number of hydrogen-bond acceptors (Lipinski definition) is 4. The van der Waals surface area contributed by atoms with Crippen LogP contribution in [0, 0.1) is 0 Å². The van der Waals surface area contributed by atoms with Gasteiger partial charge in [0.2, 0.25) is 16.2 Å². The minimum atomic E-state index is -3.73. The molecule has 0 atom stereocenters. The lowest BCUT2D eigenvalue weighted by atomic mass is 10.1. The maximum Gasteiger partial charge on any atom is 0.211 e. The lowest BCUT2D eigenvalue weighted by molar-refractivity contribution is -0.105. The molecule has 3 rings (SSSR count). The Labute approximate surface area is 139 Å². The van der Waals surface area contributed by atoms with Crippen LogP contribution < -0.4 is 5.32 Å². The van der Waals surface area contributed by atoms with E-state index in [2.05, 4.69) is 10.3 Å². The van der Waals surface area contributed by atoms with E-state index in [0.29, 0.717) is 6.41 Å². The Morgan fingerprint density at radius 3 is 2.38 bits per heavy atom. The highest BCUT2D eigenvalue weighted by molar-refractivity contribution is 7.91. The van der Waals surface area contributed by atoms with Gasteiger partial charge in [0.25, 0.3) is 0 Å². The van der Waals surface area contributed by atoms with Gasteiger partial charge in [-0.2, -0.15) is 0 Å². The number of nitrogens with zero attached hydrogens (tertiary/aromatic N) is 1. The number of nitrogens with one attached hydrogen (secondary N) is 1. The van der Waals surface area contributed by atoms with Gasteiger partial charge in [0.05, 0.1) is 15.5 Å². The first kappa shape index (κ1) is 15.9. The summed E-state index contributed by atoms with van der Waals surface area (Å²) in [6.07, 6.45) is 3.79. The number of aromatic nitrogens is 1. The molecule has 2 aromatic carbocycles. The average Bonchev–Trinajstić information content (AvgIpc) is 2.63. The molecule has 0 spiro atoms. The summed E-state index contributed by atoms with van der Waals surface area (Å²) in [5.41, 5.74) is 1.82. The van der Waals surface area contributed by atoms with Crippen molar-refractivity contribution in [2.24, 2.45) is 0 Å². The van der Waals surface area contributed by atoms with Crippen LogP contribution in [0.5, 0.6) is 0 Å². The fourth-order valence-corrected chi connectivity index (χ4v) is 3.80. The van der Waals surface area contributed by atoms with Gasteiger partial charge in [0.1, 0.15) is 0 Å². The number of anilines is 1. The predicted molar refractivity (Wildman–Crippen MR) is 91.3 cm³/mol. The number of amides is 1. The Bertz CT molecular complexity index is 956. The largest absolute Gasteiger partial charge is 0.328 e. The number of rotatable bonds is 5. The molecule has 24 heavy (non-hydrogen) atoms. The van der Waals surface area contributed by atoms with E-state index in [0.717, 1.165) is 11.1 Å². The standard InChI is InChI=1S/C18H14N2O3S/c21-13-20-17-11-14(15-5-4-10-19-12-15)8-9-18(17)24(22,23)16-6-2-1-3-7-16/h1-13H,(H,20,21). The highest BCUT2D eigenvalue weighted by Crippen LogP contribution is 2.31. The van der Waals surface area contributed by atoms with Crippen LogP contribution in [0.2, 0.25) is 0 Å². The topological polar surface area (TPSA) is 76.1 Å². The van der Waals surface area contributed by atoms with E-state index in [1.54, 1.807) is 48.8 Å². The van der Waals surface area contributed by atoms with Crippen LogP contribution in [0.1, 0.15) is 0 Å². The van der Waals surface area contributed by atoms with E-state index in [-0.39, 0.29) is 15.5 Å². The number of carbonyl (C=O) groups excluding carboxylic acids is 1. The summed E-state index contributed by atoms with van der Waals surface area (Å²) >= 11 is 0. The van der Waals surface area contributed by atoms with Crippen LogP contribution in [0.25, 0.3) is 11.1 Å². The van der Waals surface area contributed by atoms with Gasteiger partial charge in [-0.15, -0.1) is 0 Å². The maximum atomic E-state index is 12.8. The molecule has 5 nitrogen and oxygen atoms in total. The van der Waals surface area contributed by atoms with Gasteiger partial charge < -0.3 is 5.32 Å². The van der Waals surface area contributed by atoms with Crippen molar-refractivity contribution in [2.45, 2.75) is 9.79 Å². The fourth-order valence-electron chi connectivity index (χ4n) is 2.38. The molecule has 120 valence electrons. The van der Waals surface area contributed by atoms with Crippen LogP contribution in [0.3, 0.4) is 0 Å². The Balaban J connectivity index is 2.14. The predicted octanol–water partition coefficient (Wildman–Crippen LogP) is 3.15. The number of sulfone groups is 1. The third-order valence-electron chi connectivity index (χ3n) is 3.53. The summed E-state index contributed by atoms with van der Waals surface area (Å²) in [6.45, 7) is 0. The van der Waals surface area contributed by atoms with E-state index in [4.69, 9.17) is 0 Å². The molecule has 0 radical (unpaired) electrons. The van der Waals surface area contributed by atoms with Crippen LogP contribution in [-0.4, -0.2) is 19.8 Å². The summed E-state index contributed by atoms with van der Waals surface area (Å²) in [5, 5.41) is 2.48. The Morgan fingerprint density at radius 2 is 1.71 bits per heavy atom. The molecule has 0 aliphatic carbocycles. The molecule has 1 amide bonds. The summed E-state index contributed by atoms with van der Waals surface area (Å²) < 4.78 is 25.6. The normalized spacial score (nSPS) is 11.0. The second-order valence-corrected chi connectivity index (χ2v) is 6.95. The summed E-state index contributed by atoms with van der Waals surface area (Å²) in [4.78, 5) is 15.2. The van der Waals surface area contributed by atoms with Crippen molar-refractivity contribution in [1.82, 2.24) is 4.98 Å². The Morgan fingerprint density at radius 1 is 0.917 bits per heavy atom. The molecule has 6 heteroatoms. The fraction of sp³-hybridized carbons (Fsp3) is 0. The molecule has 1 N–H and O–H groups in total. The molecular weight excluding hydrogens is 324 g/mol. The molecule has 3 aromatic rings. The highest BCUT2D eigenvalue weighted by Gasteiger charge is 2.21. The molecule has 1 heterocycles. The van der Waals surface area contributed by atoms with Gasteiger partial charge >= 0.3 is 0 Å². The quantitative estimate of drug-likeness (QED) is 0.725. The van der Waals surface area contributed by atoms with Crippen molar-refractivity contribution in [3.8, 4) is 11.1 Å². The Kier molecular flexibility index (Phi) is 4.39. The van der Waals surface area contributed by atoms with Gasteiger partial charge in [-0.1, -0.05) is 30.3 Å². The lowest BCUT2D eigenvalue weighted by Gasteiger charge is -2.12. The molecule has 0 saturated heterocycles. The second-order valence-electron chi connectivity index (χ2n) is 5.03. The van der Waals surface area contributed by atoms with Crippen molar-refractivity contribution in [3.05, 3.63) is 73.1 Å². The van der Waals surface area contributed by atoms with Crippen molar-refractivity contribution < 1.29 is 13.2 Å². The van der Waals surface area contributed by atoms with Gasteiger partial charge in [-0.3, -0.25) is 9.78 Å². The molecule has 1 aromatic heterocycles. The van der Waals surface area contributed by atoms with Gasteiger partial charge in [0.15, 0.2) is 0 Å². The van der Waals surface area contributed by atoms with E-state index < -0.39 is 9.84 Å². The molecule has 0 bridgehead atoms. The zero-order chi connectivity index (χ0) is 17.0. The molecular formula is C18H14N2O3S.